The maximum atomic E-state index is 12.2. The van der Waals surface area contributed by atoms with Crippen molar-refractivity contribution in [1.82, 2.24) is 10.2 Å². The molecule has 0 aliphatic carbocycles. The summed E-state index contributed by atoms with van der Waals surface area (Å²) in [5.41, 5.74) is 3.47. The Morgan fingerprint density at radius 3 is 2.33 bits per heavy atom. The van der Waals surface area contributed by atoms with Crippen molar-refractivity contribution in [2.75, 3.05) is 13.6 Å². The number of nitrogens with one attached hydrogen (secondary N) is 1. The molecule has 2 rings (SSSR count). The number of nitrogens with zero attached hydrogens (tertiary/aromatic N) is 1. The van der Waals surface area contributed by atoms with Crippen molar-refractivity contribution in [3.05, 3.63) is 69.7 Å². The molecule has 24 heavy (non-hydrogen) atoms. The molecule has 0 fully saturated rings. The van der Waals surface area contributed by atoms with Crippen LogP contribution in [0.2, 0.25) is 5.02 Å². The van der Waals surface area contributed by atoms with Crippen molar-refractivity contribution in [2.24, 2.45) is 0 Å². The first-order valence-electron chi connectivity index (χ1n) is 7.70. The number of benzene rings is 2. The van der Waals surface area contributed by atoms with Gasteiger partial charge in [-0.25, -0.2) is 0 Å². The smallest absolute Gasteiger partial charge is 0.251 e. The van der Waals surface area contributed by atoms with Crippen LogP contribution in [0.5, 0.6) is 0 Å². The third kappa shape index (κ3) is 4.83. The molecule has 0 atom stereocenters. The van der Waals surface area contributed by atoms with E-state index >= 15 is 0 Å². The summed E-state index contributed by atoms with van der Waals surface area (Å²) in [6.07, 6.45) is 0. The van der Waals surface area contributed by atoms with Gasteiger partial charge in [0, 0.05) is 24.2 Å². The van der Waals surface area contributed by atoms with E-state index in [-0.39, 0.29) is 18.4 Å². The highest BCUT2D eigenvalue weighted by atomic mass is 35.5. The number of aryl methyl sites for hydroxylation is 2. The second-order valence-electron chi connectivity index (χ2n) is 5.90. The lowest BCUT2D eigenvalue weighted by molar-refractivity contribution is -0.129. The van der Waals surface area contributed by atoms with Crippen LogP contribution in [0.15, 0.2) is 42.5 Å². The van der Waals surface area contributed by atoms with E-state index in [2.05, 4.69) is 5.32 Å². The van der Waals surface area contributed by atoms with Gasteiger partial charge in [0.15, 0.2) is 0 Å². The van der Waals surface area contributed by atoms with E-state index in [0.29, 0.717) is 17.1 Å². The topological polar surface area (TPSA) is 49.4 Å². The number of carbonyl (C=O) groups excluding carboxylic acids is 2. The van der Waals surface area contributed by atoms with Crippen LogP contribution in [0.3, 0.4) is 0 Å². The van der Waals surface area contributed by atoms with Crippen LogP contribution < -0.4 is 5.32 Å². The predicted molar refractivity (Wildman–Crippen MR) is 96.2 cm³/mol. The Kier molecular flexibility index (Phi) is 5.99. The van der Waals surface area contributed by atoms with Gasteiger partial charge in [-0.15, -0.1) is 0 Å². The number of hydrogen-bond donors (Lipinski definition) is 1. The zero-order chi connectivity index (χ0) is 17.7. The maximum absolute atomic E-state index is 12.2. The minimum absolute atomic E-state index is 0.0488. The number of rotatable bonds is 5. The van der Waals surface area contributed by atoms with Gasteiger partial charge in [-0.2, -0.15) is 0 Å². The van der Waals surface area contributed by atoms with Crippen molar-refractivity contribution < 1.29 is 9.59 Å². The Morgan fingerprint density at radius 2 is 1.71 bits per heavy atom. The van der Waals surface area contributed by atoms with Gasteiger partial charge >= 0.3 is 0 Å². The fourth-order valence-electron chi connectivity index (χ4n) is 2.47. The fourth-order valence-corrected chi connectivity index (χ4v) is 2.66. The summed E-state index contributed by atoms with van der Waals surface area (Å²) in [7, 11) is 1.69. The lowest BCUT2D eigenvalue weighted by Crippen LogP contribution is -2.37. The van der Waals surface area contributed by atoms with Gasteiger partial charge in [0.2, 0.25) is 5.91 Å². The monoisotopic (exact) mass is 344 g/mol. The second-order valence-corrected chi connectivity index (χ2v) is 6.31. The minimum Gasteiger partial charge on any atom is -0.343 e. The summed E-state index contributed by atoms with van der Waals surface area (Å²) in [5, 5.41) is 3.29. The molecule has 2 aromatic rings. The van der Waals surface area contributed by atoms with E-state index in [4.69, 9.17) is 11.6 Å². The molecule has 2 amide bonds. The molecular formula is C19H21ClN2O2. The first-order valence-corrected chi connectivity index (χ1v) is 8.08. The number of hydrogen-bond acceptors (Lipinski definition) is 2. The van der Waals surface area contributed by atoms with Gasteiger partial charge in [-0.1, -0.05) is 47.0 Å². The molecule has 0 aliphatic heterocycles. The zero-order valence-electron chi connectivity index (χ0n) is 14.1. The van der Waals surface area contributed by atoms with Crippen LogP contribution >= 0.6 is 11.6 Å². The molecule has 0 spiro atoms. The standard InChI is InChI=1S/C19H21ClN2O2/c1-13-8-14(2)10-16(9-13)19(24)21-11-18(23)22(3)12-15-6-4-5-7-17(15)20/h4-10H,11-12H2,1-3H3,(H,21,24). The summed E-state index contributed by atoms with van der Waals surface area (Å²) >= 11 is 6.10. The van der Waals surface area contributed by atoms with Gasteiger partial charge < -0.3 is 10.2 Å². The molecule has 0 heterocycles. The molecule has 0 radical (unpaired) electrons. The highest BCUT2D eigenvalue weighted by Crippen LogP contribution is 2.16. The molecule has 0 bridgehead atoms. The Labute approximate surface area is 147 Å². The van der Waals surface area contributed by atoms with Crippen molar-refractivity contribution in [2.45, 2.75) is 20.4 Å². The molecule has 126 valence electrons. The van der Waals surface area contributed by atoms with Crippen LogP contribution in [0.4, 0.5) is 0 Å². The van der Waals surface area contributed by atoms with Crippen molar-refractivity contribution >= 4 is 23.4 Å². The SMILES string of the molecule is Cc1cc(C)cc(C(=O)NCC(=O)N(C)Cc2ccccc2Cl)c1. The zero-order valence-corrected chi connectivity index (χ0v) is 14.9. The predicted octanol–water partition coefficient (Wildman–Crippen LogP) is 3.35. The molecule has 0 aromatic heterocycles. The molecule has 5 heteroatoms. The largest absolute Gasteiger partial charge is 0.343 e. The first-order chi connectivity index (χ1) is 11.4. The Hall–Kier alpha value is -2.33. The van der Waals surface area contributed by atoms with Crippen LogP contribution in [0.1, 0.15) is 27.0 Å². The van der Waals surface area contributed by atoms with E-state index in [9.17, 15) is 9.59 Å². The molecule has 2 aromatic carbocycles. The molecule has 0 saturated carbocycles. The highest BCUT2D eigenvalue weighted by Gasteiger charge is 2.13. The summed E-state index contributed by atoms with van der Waals surface area (Å²) < 4.78 is 0. The van der Waals surface area contributed by atoms with Gasteiger partial charge in [0.1, 0.15) is 0 Å². The van der Waals surface area contributed by atoms with E-state index in [1.54, 1.807) is 30.1 Å². The normalized spacial score (nSPS) is 10.3. The summed E-state index contributed by atoms with van der Waals surface area (Å²) in [6, 6.07) is 13.0. The third-order valence-corrected chi connectivity index (χ3v) is 4.04. The van der Waals surface area contributed by atoms with E-state index in [1.165, 1.54) is 0 Å². The average Bonchev–Trinajstić information content (AvgIpc) is 2.53. The van der Waals surface area contributed by atoms with Crippen molar-refractivity contribution in [1.29, 1.82) is 0 Å². The molecule has 0 saturated heterocycles. The van der Waals surface area contributed by atoms with Gasteiger partial charge in [-0.3, -0.25) is 9.59 Å². The lowest BCUT2D eigenvalue weighted by Gasteiger charge is -2.18. The van der Waals surface area contributed by atoms with Gasteiger partial charge in [-0.05, 0) is 37.6 Å². The minimum atomic E-state index is -0.249. The average molecular weight is 345 g/mol. The first kappa shape index (κ1) is 18.0. The van der Waals surface area contributed by atoms with E-state index < -0.39 is 0 Å². The summed E-state index contributed by atoms with van der Waals surface area (Å²) in [6.45, 7) is 4.23. The molecular weight excluding hydrogens is 324 g/mol. The second kappa shape index (κ2) is 7.97. The van der Waals surface area contributed by atoms with Crippen molar-refractivity contribution in [3.8, 4) is 0 Å². The molecule has 0 unspecified atom stereocenters. The molecule has 1 N–H and O–H groups in total. The van der Waals surface area contributed by atoms with Crippen molar-refractivity contribution in [3.63, 3.8) is 0 Å². The lowest BCUT2D eigenvalue weighted by atomic mass is 10.1. The quantitative estimate of drug-likeness (QED) is 0.904. The summed E-state index contributed by atoms with van der Waals surface area (Å²) in [5.74, 6) is -0.422. The van der Waals surface area contributed by atoms with Crippen LogP contribution in [0, 0.1) is 13.8 Å². The van der Waals surface area contributed by atoms with Gasteiger partial charge in [0.25, 0.3) is 5.91 Å². The number of likely N-dealkylation sites (N-methyl/N-ethyl adjacent to an activating group) is 1. The number of halogens is 1. The third-order valence-electron chi connectivity index (χ3n) is 3.68. The molecule has 4 nitrogen and oxygen atoms in total. The van der Waals surface area contributed by atoms with Gasteiger partial charge in [0.05, 0.1) is 6.54 Å². The van der Waals surface area contributed by atoms with Crippen LogP contribution in [-0.4, -0.2) is 30.3 Å². The van der Waals surface area contributed by atoms with E-state index in [0.717, 1.165) is 16.7 Å². The Balaban J connectivity index is 1.92. The maximum Gasteiger partial charge on any atom is 0.251 e. The fraction of sp³-hybridized carbons (Fsp3) is 0.263. The summed E-state index contributed by atoms with van der Waals surface area (Å²) in [4.78, 5) is 25.9. The Morgan fingerprint density at radius 1 is 1.08 bits per heavy atom. The number of carbonyl (C=O) groups is 2. The highest BCUT2D eigenvalue weighted by molar-refractivity contribution is 6.31. The van der Waals surface area contributed by atoms with E-state index in [1.807, 2.05) is 38.1 Å². The Bertz CT molecular complexity index is 739. The van der Waals surface area contributed by atoms with Crippen LogP contribution in [-0.2, 0) is 11.3 Å². The molecule has 0 aliphatic rings. The van der Waals surface area contributed by atoms with Crippen LogP contribution in [0.25, 0.3) is 0 Å². The number of amides is 2.